The Bertz CT molecular complexity index is 195. The van der Waals surface area contributed by atoms with Crippen LogP contribution in [0.3, 0.4) is 0 Å². The van der Waals surface area contributed by atoms with E-state index in [1.807, 2.05) is 14.2 Å². The van der Waals surface area contributed by atoms with Crippen LogP contribution in [0.4, 0.5) is 0 Å². The molecule has 0 rings (SSSR count). The van der Waals surface area contributed by atoms with Crippen LogP contribution in [-0.2, 0) is 8.85 Å². The van der Waals surface area contributed by atoms with Crippen LogP contribution in [-0.4, -0.2) is 22.8 Å². The van der Waals surface area contributed by atoms with Crippen LogP contribution in [0.2, 0.25) is 11.1 Å². The van der Waals surface area contributed by atoms with Crippen molar-refractivity contribution in [1.29, 1.82) is 0 Å². The van der Waals surface area contributed by atoms with E-state index in [1.54, 1.807) is 0 Å². The van der Waals surface area contributed by atoms with E-state index in [0.29, 0.717) is 0 Å². The lowest BCUT2D eigenvalue weighted by Gasteiger charge is -2.38. The molecule has 0 saturated carbocycles. The molecule has 0 aliphatic heterocycles. The SMILES string of the molecule is CCCCCCCCC[Si](OC)(OC)C(C)(C)C. The molecule has 110 valence electrons. The van der Waals surface area contributed by atoms with E-state index >= 15 is 0 Å². The fourth-order valence-electron chi connectivity index (χ4n) is 2.59. The second-order valence-corrected chi connectivity index (χ2v) is 10.6. The zero-order valence-corrected chi connectivity index (χ0v) is 14.5. The van der Waals surface area contributed by atoms with Gasteiger partial charge in [0.2, 0.25) is 0 Å². The molecule has 3 heteroatoms. The van der Waals surface area contributed by atoms with Crippen molar-refractivity contribution in [2.75, 3.05) is 14.2 Å². The number of rotatable bonds is 10. The lowest BCUT2D eigenvalue weighted by molar-refractivity contribution is 0.212. The number of unbranched alkanes of at least 4 members (excludes halogenated alkanes) is 6. The molecule has 0 radical (unpaired) electrons. The summed E-state index contributed by atoms with van der Waals surface area (Å²) in [6, 6.07) is 1.12. The molecule has 0 atom stereocenters. The molecular formula is C15H34O2Si. The van der Waals surface area contributed by atoms with E-state index in [9.17, 15) is 0 Å². The van der Waals surface area contributed by atoms with Gasteiger partial charge < -0.3 is 8.85 Å². The third kappa shape index (κ3) is 5.85. The standard InChI is InChI=1S/C15H34O2Si/c1-7-8-9-10-11-12-13-14-18(16-5,17-6)15(2,3)4/h7-14H2,1-6H3. The average Bonchev–Trinajstić information content (AvgIpc) is 2.32. The summed E-state index contributed by atoms with van der Waals surface area (Å²) in [5.74, 6) is 0. The second-order valence-electron chi connectivity index (χ2n) is 6.28. The fourth-order valence-corrected chi connectivity index (χ4v) is 5.85. The first-order valence-electron chi connectivity index (χ1n) is 7.54. The normalized spacial score (nSPS) is 13.0. The van der Waals surface area contributed by atoms with Gasteiger partial charge in [-0.05, 0) is 6.04 Å². The molecule has 0 spiro atoms. The largest absolute Gasteiger partial charge is 0.397 e. The van der Waals surface area contributed by atoms with Gasteiger partial charge in [0.1, 0.15) is 0 Å². The molecule has 0 unspecified atom stereocenters. The second kappa shape index (κ2) is 9.11. The van der Waals surface area contributed by atoms with Crippen LogP contribution in [0.15, 0.2) is 0 Å². The molecule has 0 aromatic rings. The summed E-state index contributed by atoms with van der Waals surface area (Å²) in [5, 5.41) is 0.151. The van der Waals surface area contributed by atoms with Gasteiger partial charge in [0.15, 0.2) is 0 Å². The van der Waals surface area contributed by atoms with Crippen molar-refractivity contribution < 1.29 is 8.85 Å². The Kier molecular flexibility index (Phi) is 9.18. The minimum Gasteiger partial charge on any atom is -0.397 e. The maximum absolute atomic E-state index is 5.81. The van der Waals surface area contributed by atoms with Crippen LogP contribution in [0.5, 0.6) is 0 Å². The van der Waals surface area contributed by atoms with Crippen LogP contribution >= 0.6 is 0 Å². The van der Waals surface area contributed by atoms with Crippen LogP contribution in [0, 0.1) is 0 Å². The maximum Gasteiger partial charge on any atom is 0.343 e. The molecule has 0 fully saturated rings. The average molecular weight is 275 g/mol. The van der Waals surface area contributed by atoms with Gasteiger partial charge in [-0.1, -0.05) is 72.6 Å². The molecule has 0 aliphatic rings. The van der Waals surface area contributed by atoms with Crippen molar-refractivity contribution in [2.24, 2.45) is 0 Å². The first kappa shape index (κ1) is 18.1. The van der Waals surface area contributed by atoms with Gasteiger partial charge in [0.05, 0.1) is 0 Å². The van der Waals surface area contributed by atoms with E-state index in [2.05, 4.69) is 27.7 Å². The third-order valence-corrected chi connectivity index (χ3v) is 8.53. The molecule has 0 N–H and O–H groups in total. The smallest absolute Gasteiger partial charge is 0.343 e. The summed E-state index contributed by atoms with van der Waals surface area (Å²) in [6.45, 7) is 8.99. The minimum absolute atomic E-state index is 0.151. The van der Waals surface area contributed by atoms with Crippen molar-refractivity contribution in [2.45, 2.75) is 83.7 Å². The van der Waals surface area contributed by atoms with Crippen molar-refractivity contribution in [3.05, 3.63) is 0 Å². The summed E-state index contributed by atoms with van der Waals surface area (Å²) in [7, 11) is 1.62. The zero-order chi connectivity index (χ0) is 14.1. The Labute approximate surface area is 116 Å². The van der Waals surface area contributed by atoms with Crippen LogP contribution in [0.25, 0.3) is 0 Å². The van der Waals surface area contributed by atoms with Crippen molar-refractivity contribution in [3.8, 4) is 0 Å². The van der Waals surface area contributed by atoms with E-state index in [4.69, 9.17) is 8.85 Å². The predicted octanol–water partition coefficient (Wildman–Crippen LogP) is 5.27. The van der Waals surface area contributed by atoms with Crippen LogP contribution < -0.4 is 0 Å². The zero-order valence-electron chi connectivity index (χ0n) is 13.5. The highest BCUT2D eigenvalue weighted by Gasteiger charge is 2.47. The third-order valence-electron chi connectivity index (χ3n) is 3.91. The van der Waals surface area contributed by atoms with Crippen LogP contribution in [0.1, 0.15) is 72.6 Å². The van der Waals surface area contributed by atoms with Gasteiger partial charge in [0.25, 0.3) is 0 Å². The van der Waals surface area contributed by atoms with Gasteiger partial charge in [0, 0.05) is 19.3 Å². The van der Waals surface area contributed by atoms with Gasteiger partial charge >= 0.3 is 8.56 Å². The lowest BCUT2D eigenvalue weighted by Crippen LogP contribution is -2.48. The van der Waals surface area contributed by atoms with E-state index in [-0.39, 0.29) is 5.04 Å². The van der Waals surface area contributed by atoms with Gasteiger partial charge in [-0.15, -0.1) is 0 Å². The topological polar surface area (TPSA) is 18.5 Å². The van der Waals surface area contributed by atoms with E-state index in [0.717, 1.165) is 6.04 Å². The molecule has 0 heterocycles. The molecule has 0 aromatic carbocycles. The first-order chi connectivity index (χ1) is 8.43. The molecule has 18 heavy (non-hydrogen) atoms. The Balaban J connectivity index is 3.92. The predicted molar refractivity (Wildman–Crippen MR) is 82.3 cm³/mol. The summed E-state index contributed by atoms with van der Waals surface area (Å²) < 4.78 is 11.6. The molecule has 0 saturated heterocycles. The summed E-state index contributed by atoms with van der Waals surface area (Å²) in [4.78, 5) is 0. The lowest BCUT2D eigenvalue weighted by atomic mass is 10.1. The Morgan fingerprint density at radius 1 is 0.778 bits per heavy atom. The van der Waals surface area contributed by atoms with Crippen molar-refractivity contribution in [1.82, 2.24) is 0 Å². The minimum atomic E-state index is -2.02. The van der Waals surface area contributed by atoms with Gasteiger partial charge in [-0.3, -0.25) is 0 Å². The Morgan fingerprint density at radius 3 is 1.61 bits per heavy atom. The Hall–Kier alpha value is 0.137. The number of hydrogen-bond acceptors (Lipinski definition) is 2. The highest BCUT2D eigenvalue weighted by atomic mass is 28.4. The Morgan fingerprint density at radius 2 is 1.22 bits per heavy atom. The number of hydrogen-bond donors (Lipinski definition) is 0. The highest BCUT2D eigenvalue weighted by Crippen LogP contribution is 2.40. The maximum atomic E-state index is 5.81. The molecule has 0 aromatic heterocycles. The van der Waals surface area contributed by atoms with Gasteiger partial charge in [-0.2, -0.15) is 0 Å². The molecular weight excluding hydrogens is 240 g/mol. The van der Waals surface area contributed by atoms with Gasteiger partial charge in [-0.25, -0.2) is 0 Å². The molecule has 0 aliphatic carbocycles. The quantitative estimate of drug-likeness (QED) is 0.399. The fraction of sp³-hybridized carbons (Fsp3) is 1.00. The van der Waals surface area contributed by atoms with Crippen molar-refractivity contribution >= 4 is 8.56 Å². The molecule has 0 bridgehead atoms. The summed E-state index contributed by atoms with van der Waals surface area (Å²) >= 11 is 0. The monoisotopic (exact) mass is 274 g/mol. The molecule has 0 amide bonds. The van der Waals surface area contributed by atoms with Crippen molar-refractivity contribution in [3.63, 3.8) is 0 Å². The summed E-state index contributed by atoms with van der Waals surface area (Å²) in [5.41, 5.74) is 0. The van der Waals surface area contributed by atoms with E-state index in [1.165, 1.54) is 44.9 Å². The summed E-state index contributed by atoms with van der Waals surface area (Å²) in [6.07, 6.45) is 9.43. The first-order valence-corrected chi connectivity index (χ1v) is 9.56. The van der Waals surface area contributed by atoms with E-state index < -0.39 is 8.56 Å². The highest BCUT2D eigenvalue weighted by molar-refractivity contribution is 6.70. The molecule has 2 nitrogen and oxygen atoms in total.